The fourth-order valence-corrected chi connectivity index (χ4v) is 3.25. The Kier molecular flexibility index (Phi) is 5.53. The van der Waals surface area contributed by atoms with E-state index in [2.05, 4.69) is 10.3 Å². The lowest BCUT2D eigenvalue weighted by molar-refractivity contribution is -0.123. The lowest BCUT2D eigenvalue weighted by Gasteiger charge is -2.19. The molecule has 2 heterocycles. The topological polar surface area (TPSA) is 104 Å². The van der Waals surface area contributed by atoms with Gasteiger partial charge in [-0.05, 0) is 30.0 Å². The second-order valence-corrected chi connectivity index (χ2v) is 6.20. The minimum Gasteiger partial charge on any atom is -0.574 e. The maximum absolute atomic E-state index is 13.9. The van der Waals surface area contributed by atoms with Crippen LogP contribution in [0.2, 0.25) is 0 Å². The second-order valence-electron chi connectivity index (χ2n) is 6.20. The van der Waals surface area contributed by atoms with E-state index in [0.29, 0.717) is 17.2 Å². The minimum absolute atomic E-state index is 0.0631. The Morgan fingerprint density at radius 3 is 2.93 bits per heavy atom. The summed E-state index contributed by atoms with van der Waals surface area (Å²) < 4.78 is 24.8. The van der Waals surface area contributed by atoms with Crippen LogP contribution < -0.4 is 20.4 Å². The maximum Gasteiger partial charge on any atom is 0.302 e. The molecule has 1 saturated heterocycles. The van der Waals surface area contributed by atoms with Crippen molar-refractivity contribution in [2.45, 2.75) is 25.6 Å². The summed E-state index contributed by atoms with van der Waals surface area (Å²) in [6, 6.07) is 4.33. The molecule has 3 atom stereocenters. The number of fused-ring (bicyclic) bond motifs is 1. The molecule has 3 rings (SSSR count). The van der Waals surface area contributed by atoms with E-state index in [1.54, 1.807) is 18.2 Å². The molecular weight excluding hydrogens is 351 g/mol. The molecule has 1 fully saturated rings. The van der Waals surface area contributed by atoms with E-state index in [4.69, 9.17) is 22.9 Å². The number of benzene rings is 1. The molecule has 3 radical (unpaired) electrons. The first-order chi connectivity index (χ1) is 13.0. The van der Waals surface area contributed by atoms with Gasteiger partial charge in [-0.2, -0.15) is 0 Å². The molecule has 1 aliphatic rings. The van der Waals surface area contributed by atoms with Crippen LogP contribution in [0.25, 0.3) is 10.8 Å². The van der Waals surface area contributed by atoms with Gasteiger partial charge in [-0.15, -0.1) is 0 Å². The van der Waals surface area contributed by atoms with Gasteiger partial charge in [0.25, 0.3) is 11.8 Å². The van der Waals surface area contributed by atoms with Crippen molar-refractivity contribution < 1.29 is 23.4 Å². The first-order valence-electron chi connectivity index (χ1n) is 8.46. The second kappa shape index (κ2) is 7.85. The third kappa shape index (κ3) is 3.70. The van der Waals surface area contributed by atoms with Crippen molar-refractivity contribution in [2.24, 2.45) is 11.7 Å². The first kappa shape index (κ1) is 19.0. The zero-order valence-electron chi connectivity index (χ0n) is 14.6. The van der Waals surface area contributed by atoms with Gasteiger partial charge in [0.1, 0.15) is 12.4 Å². The predicted molar refractivity (Wildman–Crippen MR) is 98.5 cm³/mol. The number of alkyl halides is 1. The Morgan fingerprint density at radius 1 is 1.48 bits per heavy atom. The summed E-state index contributed by atoms with van der Waals surface area (Å²) >= 11 is 0. The fraction of sp³-hybridized carbons (Fsp3) is 0.353. The summed E-state index contributed by atoms with van der Waals surface area (Å²) in [7, 11) is 6.22. The van der Waals surface area contributed by atoms with Gasteiger partial charge in [-0.25, -0.2) is 9.37 Å². The molecule has 0 unspecified atom stereocenters. The molecular formula is C17H17B2FN3O4. The number of pyridine rings is 1. The largest absolute Gasteiger partial charge is 0.574 e. The van der Waals surface area contributed by atoms with Gasteiger partial charge >= 0.3 is 7.37 Å². The first-order valence-corrected chi connectivity index (χ1v) is 8.46. The minimum atomic E-state index is -1.54. The highest BCUT2D eigenvalue weighted by molar-refractivity contribution is 6.85. The van der Waals surface area contributed by atoms with Crippen LogP contribution in [0.1, 0.15) is 23.7 Å². The van der Waals surface area contributed by atoms with Crippen molar-refractivity contribution in [1.82, 2.24) is 10.3 Å². The number of hydrogen-bond acceptors (Lipinski definition) is 5. The van der Waals surface area contributed by atoms with E-state index in [-0.39, 0.29) is 23.8 Å². The number of nitrogens with one attached hydrogen (secondary N) is 1. The van der Waals surface area contributed by atoms with Crippen molar-refractivity contribution in [1.29, 1.82) is 0 Å². The summed E-state index contributed by atoms with van der Waals surface area (Å²) in [5, 5.41) is 3.82. The Bertz CT molecular complexity index is 883. The number of carbonyl (C=O) groups excluding carboxylic acids is 2. The van der Waals surface area contributed by atoms with Crippen LogP contribution in [0.5, 0.6) is 11.6 Å². The summed E-state index contributed by atoms with van der Waals surface area (Å²) in [6.45, 7) is 1.88. The number of nitrogens with two attached hydrogens (primary N) is 1. The molecule has 0 saturated carbocycles. The Balaban J connectivity index is 1.89. The van der Waals surface area contributed by atoms with Crippen LogP contribution in [-0.2, 0) is 4.79 Å². The van der Waals surface area contributed by atoms with Crippen molar-refractivity contribution >= 4 is 37.7 Å². The predicted octanol–water partition coefficient (Wildman–Crippen LogP) is 0.657. The molecule has 10 heteroatoms. The third-order valence-electron chi connectivity index (χ3n) is 4.63. The average molecular weight is 368 g/mol. The zero-order valence-corrected chi connectivity index (χ0v) is 14.6. The summed E-state index contributed by atoms with van der Waals surface area (Å²) in [4.78, 5) is 27.4. The molecule has 1 aliphatic heterocycles. The van der Waals surface area contributed by atoms with Gasteiger partial charge in [0.2, 0.25) is 5.88 Å². The van der Waals surface area contributed by atoms with E-state index in [9.17, 15) is 14.0 Å². The average Bonchev–Trinajstić information content (AvgIpc) is 2.92. The number of halogens is 1. The van der Waals surface area contributed by atoms with Gasteiger partial charge in [-0.1, -0.05) is 6.92 Å². The van der Waals surface area contributed by atoms with Crippen LogP contribution >= 0.6 is 0 Å². The van der Waals surface area contributed by atoms with Crippen LogP contribution in [0.3, 0.4) is 0 Å². The highest BCUT2D eigenvalue weighted by Crippen LogP contribution is 2.31. The number of aromatic nitrogens is 1. The number of nitrogens with zero attached hydrogens (tertiary/aromatic N) is 1. The molecule has 3 N–H and O–H groups in total. The van der Waals surface area contributed by atoms with Gasteiger partial charge in [0.15, 0.2) is 6.17 Å². The van der Waals surface area contributed by atoms with Gasteiger partial charge < -0.3 is 20.4 Å². The van der Waals surface area contributed by atoms with Gasteiger partial charge in [0, 0.05) is 17.5 Å². The summed E-state index contributed by atoms with van der Waals surface area (Å²) in [5.74, 6) is -1.32. The van der Waals surface area contributed by atoms with E-state index >= 15 is 0 Å². The van der Waals surface area contributed by atoms with Crippen LogP contribution in [-0.4, -0.2) is 50.7 Å². The van der Waals surface area contributed by atoms with Crippen LogP contribution in [0, 0.1) is 5.92 Å². The molecule has 2 aromatic rings. The molecule has 1 aromatic carbocycles. The number of ether oxygens (including phenoxy) is 1. The number of carbonyl (C=O) groups is 2. The highest BCUT2D eigenvalue weighted by atomic mass is 19.1. The summed E-state index contributed by atoms with van der Waals surface area (Å²) in [5.41, 5.74) is 5.54. The molecule has 0 aliphatic carbocycles. The lowest BCUT2D eigenvalue weighted by atomic mass is 9.72. The van der Waals surface area contributed by atoms with Crippen molar-refractivity contribution in [3.63, 3.8) is 0 Å². The van der Waals surface area contributed by atoms with Crippen molar-refractivity contribution in [2.75, 3.05) is 6.61 Å². The zero-order chi connectivity index (χ0) is 19.6. The van der Waals surface area contributed by atoms with Crippen LogP contribution in [0.4, 0.5) is 4.39 Å². The number of primary amides is 1. The van der Waals surface area contributed by atoms with Crippen LogP contribution in [0.15, 0.2) is 24.4 Å². The number of rotatable bonds is 7. The van der Waals surface area contributed by atoms with E-state index in [1.807, 2.05) is 6.92 Å². The van der Waals surface area contributed by atoms with Crippen molar-refractivity contribution in [3.8, 4) is 11.6 Å². The molecule has 7 nitrogen and oxygen atoms in total. The molecule has 137 valence electrons. The maximum atomic E-state index is 13.9. The van der Waals surface area contributed by atoms with Crippen molar-refractivity contribution in [3.05, 3.63) is 30.0 Å². The monoisotopic (exact) mass is 368 g/mol. The number of hydrogen-bond donors (Lipinski definition) is 2. The quantitative estimate of drug-likeness (QED) is 0.699. The normalized spacial score (nSPS) is 21.7. The lowest BCUT2D eigenvalue weighted by Crippen LogP contribution is -2.34. The third-order valence-corrected chi connectivity index (χ3v) is 4.63. The standard InChI is InChI=1S/C17H17B2FN3O4/c1-2-9-12(23-16(25)14(9)20)7-26-17-10-6-13(27-19-18)11(15(21)24)5-8(10)3-4-22-17/h3-6,9,12,14H,2,7H2,1H3,(H2,21,24)(H,23,25)/t9-,12+,14-/m0/s1. The van der Waals surface area contributed by atoms with Gasteiger partial charge in [-0.3, -0.25) is 9.59 Å². The van der Waals surface area contributed by atoms with E-state index in [0.717, 1.165) is 7.37 Å². The Hall–Kier alpha value is -2.77. The highest BCUT2D eigenvalue weighted by Gasteiger charge is 2.41. The van der Waals surface area contributed by atoms with Gasteiger partial charge in [0.05, 0.1) is 19.3 Å². The van der Waals surface area contributed by atoms with E-state index < -0.39 is 29.9 Å². The smallest absolute Gasteiger partial charge is 0.302 e. The molecule has 2 amide bonds. The molecule has 27 heavy (non-hydrogen) atoms. The Labute approximate surface area is 157 Å². The number of amides is 2. The van der Waals surface area contributed by atoms with E-state index in [1.165, 1.54) is 6.20 Å². The molecule has 0 bridgehead atoms. The summed E-state index contributed by atoms with van der Waals surface area (Å²) in [6.07, 6.45) is 0.478. The fourth-order valence-electron chi connectivity index (χ4n) is 3.25. The molecule has 1 aromatic heterocycles. The SMILES string of the molecule is [B][B]Oc1cc2c(OC[C@H]3NC(=O)[C@@H](F)[C@H]3CC)nccc2cc1C(N)=O. The Morgan fingerprint density at radius 2 is 2.26 bits per heavy atom. The molecule has 0 spiro atoms.